The maximum absolute atomic E-state index is 13.2. The maximum atomic E-state index is 13.2. The first-order valence-corrected chi connectivity index (χ1v) is 12.1. The number of hydrogen-bond donors (Lipinski definition) is 1. The van der Waals surface area contributed by atoms with E-state index in [2.05, 4.69) is 16.8 Å². The van der Waals surface area contributed by atoms with Crippen molar-refractivity contribution >= 4 is 40.6 Å². The summed E-state index contributed by atoms with van der Waals surface area (Å²) in [5.41, 5.74) is 3.53. The molecule has 1 aliphatic heterocycles. The van der Waals surface area contributed by atoms with Gasteiger partial charge in [0.2, 0.25) is 0 Å². The molecule has 2 atom stereocenters. The first kappa shape index (κ1) is 22.1. The van der Waals surface area contributed by atoms with Crippen LogP contribution in [0.3, 0.4) is 0 Å². The molecule has 0 saturated carbocycles. The Kier molecular flexibility index (Phi) is 6.57. The van der Waals surface area contributed by atoms with Crippen LogP contribution < -0.4 is 10.7 Å². The van der Waals surface area contributed by atoms with Crippen LogP contribution in [0.1, 0.15) is 39.5 Å². The van der Waals surface area contributed by atoms with Crippen LogP contribution in [0.4, 0.5) is 0 Å². The van der Waals surface area contributed by atoms with Gasteiger partial charge in [-0.05, 0) is 54.4 Å². The molecule has 0 spiro atoms. The molecule has 0 fully saturated rings. The lowest BCUT2D eigenvalue weighted by molar-refractivity contribution is 0.0902. The van der Waals surface area contributed by atoms with Crippen molar-refractivity contribution in [3.8, 4) is 5.69 Å². The smallest absolute Gasteiger partial charge is 0.257 e. The van der Waals surface area contributed by atoms with Gasteiger partial charge in [-0.3, -0.25) is 9.59 Å². The molecule has 3 aromatic rings. The van der Waals surface area contributed by atoms with Gasteiger partial charge in [0.15, 0.2) is 5.43 Å². The summed E-state index contributed by atoms with van der Waals surface area (Å²) in [5, 5.41) is 7.78. The van der Waals surface area contributed by atoms with Crippen LogP contribution in [0, 0.1) is 6.92 Å². The number of nitrogens with zero attached hydrogens (tertiary/aromatic N) is 1. The molecular weight excluding hydrogens is 452 g/mol. The Labute approximate surface area is 194 Å². The number of hydrogen-bond acceptors (Lipinski definition) is 5. The third-order valence-electron chi connectivity index (χ3n) is 5.24. The van der Waals surface area contributed by atoms with Gasteiger partial charge in [0.05, 0.1) is 12.3 Å². The van der Waals surface area contributed by atoms with Crippen molar-refractivity contribution in [2.45, 2.75) is 36.5 Å². The number of thiophene rings is 1. The zero-order valence-electron chi connectivity index (χ0n) is 17.5. The van der Waals surface area contributed by atoms with E-state index in [1.54, 1.807) is 30.2 Å². The van der Waals surface area contributed by atoms with Crippen LogP contribution in [0.25, 0.3) is 5.69 Å². The number of halogens is 1. The largest absolute Gasteiger partial charge is 0.383 e. The zero-order chi connectivity index (χ0) is 22.1. The highest BCUT2D eigenvalue weighted by molar-refractivity contribution is 7.99. The van der Waals surface area contributed by atoms with E-state index < -0.39 is 0 Å². The van der Waals surface area contributed by atoms with Gasteiger partial charge in [-0.2, -0.15) is 11.3 Å². The van der Waals surface area contributed by atoms with Crippen LogP contribution in [0.5, 0.6) is 0 Å². The van der Waals surface area contributed by atoms with E-state index in [1.165, 1.54) is 11.6 Å². The number of carbonyl (C=O) groups excluding carboxylic acids is 1. The third-order valence-corrected chi connectivity index (χ3v) is 7.49. The Hall–Kier alpha value is -2.06. The second kappa shape index (κ2) is 9.20. The van der Waals surface area contributed by atoms with Crippen molar-refractivity contribution in [3.05, 3.63) is 78.9 Å². The number of pyridine rings is 1. The molecule has 31 heavy (non-hydrogen) atoms. The van der Waals surface area contributed by atoms with Crippen molar-refractivity contribution in [2.24, 2.45) is 0 Å². The molecular formula is C23H23ClN2O3S2. The third kappa shape index (κ3) is 4.46. The Bertz CT molecular complexity index is 1170. The lowest BCUT2D eigenvalue weighted by atomic mass is 10.0. The molecule has 0 saturated heterocycles. The number of carbonyl (C=O) groups is 1. The topological polar surface area (TPSA) is 60.3 Å². The lowest BCUT2D eigenvalue weighted by Gasteiger charge is -2.21. The van der Waals surface area contributed by atoms with E-state index in [0.29, 0.717) is 18.1 Å². The van der Waals surface area contributed by atoms with Crippen molar-refractivity contribution in [3.63, 3.8) is 0 Å². The van der Waals surface area contributed by atoms with E-state index >= 15 is 0 Å². The highest BCUT2D eigenvalue weighted by Crippen LogP contribution is 2.45. The molecule has 1 aromatic carbocycles. The molecule has 5 nitrogen and oxygen atoms in total. The van der Waals surface area contributed by atoms with Crippen LogP contribution in [-0.4, -0.2) is 30.2 Å². The Morgan fingerprint density at radius 3 is 2.87 bits per heavy atom. The summed E-state index contributed by atoms with van der Waals surface area (Å²) < 4.78 is 7.16. The minimum Gasteiger partial charge on any atom is -0.383 e. The molecule has 8 heteroatoms. The van der Waals surface area contributed by atoms with Gasteiger partial charge < -0.3 is 14.6 Å². The summed E-state index contributed by atoms with van der Waals surface area (Å²) in [7, 11) is 1.58. The highest BCUT2D eigenvalue weighted by atomic mass is 35.5. The predicted molar refractivity (Wildman–Crippen MR) is 127 cm³/mol. The molecule has 0 radical (unpaired) electrons. The van der Waals surface area contributed by atoms with E-state index in [4.69, 9.17) is 16.3 Å². The van der Waals surface area contributed by atoms with Gasteiger partial charge in [-0.25, -0.2) is 0 Å². The molecule has 1 amide bonds. The number of ether oxygens (including phenoxy) is 1. The molecule has 162 valence electrons. The zero-order valence-corrected chi connectivity index (χ0v) is 19.9. The summed E-state index contributed by atoms with van der Waals surface area (Å²) >= 11 is 9.66. The standard InChI is InChI=1S/C23H23ClN2O3S2/c1-13(11-29-3)25-23(28)22-18-10-20(15-6-7-30-12-15)31-21-9-16(24)4-5-17(21)26(18)14(2)8-19(22)27/h4-9,12-13,20H,10-11H2,1-3H3,(H,25,28)/t13-,20-/m0/s1. The minimum absolute atomic E-state index is 0.0568. The minimum atomic E-state index is -0.371. The number of methoxy groups -OCH3 is 1. The molecule has 4 rings (SSSR count). The summed E-state index contributed by atoms with van der Waals surface area (Å²) in [4.78, 5) is 27.3. The first-order valence-electron chi connectivity index (χ1n) is 9.93. The summed E-state index contributed by atoms with van der Waals surface area (Å²) in [5.74, 6) is -0.371. The number of aromatic nitrogens is 1. The monoisotopic (exact) mass is 474 g/mol. The molecule has 0 unspecified atom stereocenters. The molecule has 1 aliphatic rings. The van der Waals surface area contributed by atoms with E-state index in [1.807, 2.05) is 42.0 Å². The van der Waals surface area contributed by atoms with Gasteiger partial charge >= 0.3 is 0 Å². The van der Waals surface area contributed by atoms with E-state index in [9.17, 15) is 9.59 Å². The normalized spacial score (nSPS) is 16.2. The quantitative estimate of drug-likeness (QED) is 0.564. The number of thioether (sulfide) groups is 1. The number of nitrogens with one attached hydrogen (secondary N) is 1. The summed E-state index contributed by atoms with van der Waals surface area (Å²) in [6.07, 6.45) is 0.548. The van der Waals surface area contributed by atoms with Gasteiger partial charge in [0, 0.05) is 52.2 Å². The fourth-order valence-electron chi connectivity index (χ4n) is 3.93. The predicted octanol–water partition coefficient (Wildman–Crippen LogP) is 5.02. The molecule has 3 heterocycles. The Balaban J connectivity index is 1.92. The fraction of sp³-hybridized carbons (Fsp3) is 0.304. The number of fused-ring (bicyclic) bond motifs is 3. The average molecular weight is 475 g/mol. The number of amides is 1. The van der Waals surface area contributed by atoms with Gasteiger partial charge in [-0.1, -0.05) is 11.6 Å². The number of rotatable bonds is 5. The second-order valence-electron chi connectivity index (χ2n) is 7.62. The first-order chi connectivity index (χ1) is 14.9. The molecule has 1 N–H and O–H groups in total. The van der Waals surface area contributed by atoms with Crippen molar-refractivity contribution < 1.29 is 9.53 Å². The van der Waals surface area contributed by atoms with Gasteiger partial charge in [-0.15, -0.1) is 11.8 Å². The summed E-state index contributed by atoms with van der Waals surface area (Å²) in [6, 6.07) is 9.17. The van der Waals surface area contributed by atoms with Crippen LogP contribution in [0.15, 0.2) is 50.8 Å². The maximum Gasteiger partial charge on any atom is 0.257 e. The average Bonchev–Trinajstić information content (AvgIpc) is 3.18. The highest BCUT2D eigenvalue weighted by Gasteiger charge is 2.29. The van der Waals surface area contributed by atoms with Gasteiger partial charge in [0.1, 0.15) is 5.56 Å². The van der Waals surface area contributed by atoms with E-state index in [0.717, 1.165) is 22.0 Å². The number of aryl methyl sites for hydroxylation is 1. The van der Waals surface area contributed by atoms with Gasteiger partial charge in [0.25, 0.3) is 5.91 Å². The number of benzene rings is 1. The van der Waals surface area contributed by atoms with Crippen molar-refractivity contribution in [1.29, 1.82) is 0 Å². The van der Waals surface area contributed by atoms with Crippen molar-refractivity contribution in [2.75, 3.05) is 13.7 Å². The molecule has 0 aliphatic carbocycles. The SMILES string of the molecule is COC[C@H](C)NC(=O)c1c2n(c(C)cc1=O)-c1ccc(Cl)cc1S[C@H](c1ccsc1)C2. The Morgan fingerprint density at radius 1 is 1.35 bits per heavy atom. The van der Waals surface area contributed by atoms with E-state index in [-0.39, 0.29) is 28.2 Å². The summed E-state index contributed by atoms with van der Waals surface area (Å²) in [6.45, 7) is 4.12. The fourth-order valence-corrected chi connectivity index (χ4v) is 6.28. The molecule has 0 bridgehead atoms. The van der Waals surface area contributed by atoms with Crippen LogP contribution in [0.2, 0.25) is 5.02 Å². The second-order valence-corrected chi connectivity index (χ2v) is 10.1. The van der Waals surface area contributed by atoms with Crippen LogP contribution >= 0.6 is 34.7 Å². The Morgan fingerprint density at radius 2 is 2.16 bits per heavy atom. The van der Waals surface area contributed by atoms with Crippen LogP contribution in [-0.2, 0) is 11.2 Å². The lowest BCUT2D eigenvalue weighted by Crippen LogP contribution is -2.39. The van der Waals surface area contributed by atoms with Crippen molar-refractivity contribution in [1.82, 2.24) is 9.88 Å². The molecule has 2 aromatic heterocycles.